The fraction of sp³-hybridized carbons (Fsp3) is 0.136. The highest BCUT2D eigenvalue weighted by molar-refractivity contribution is 5.99. The first kappa shape index (κ1) is 19.1. The summed E-state index contributed by atoms with van der Waals surface area (Å²) < 4.78 is 5.29. The van der Waals surface area contributed by atoms with Gasteiger partial charge >= 0.3 is 0 Å². The molecule has 3 rings (SSSR count). The summed E-state index contributed by atoms with van der Waals surface area (Å²) in [5.74, 6) is 0.220. The van der Waals surface area contributed by atoms with Gasteiger partial charge in [0.05, 0.1) is 7.11 Å². The van der Waals surface area contributed by atoms with Gasteiger partial charge in [0, 0.05) is 42.2 Å². The molecule has 0 aliphatic rings. The first-order valence-corrected chi connectivity index (χ1v) is 8.84. The van der Waals surface area contributed by atoms with Gasteiger partial charge in [-0.3, -0.25) is 14.6 Å². The molecule has 2 amide bonds. The van der Waals surface area contributed by atoms with Crippen LogP contribution in [0.4, 0.5) is 0 Å². The molecular formula is C22H21N3O3. The average molecular weight is 375 g/mol. The standard InChI is InChI=1S/C22H21N3O3/c1-28-20-8-3-2-5-19(20)15-25-22(27)18-7-4-6-17(13-18)21(26)24-14-16-9-11-23-12-10-16/h2-13H,14-15H2,1H3,(H,24,26)(H,25,27). The van der Waals surface area contributed by atoms with E-state index in [1.165, 1.54) is 0 Å². The Morgan fingerprint density at radius 3 is 2.18 bits per heavy atom. The minimum Gasteiger partial charge on any atom is -0.496 e. The van der Waals surface area contributed by atoms with Crippen LogP contribution in [-0.4, -0.2) is 23.9 Å². The third kappa shape index (κ3) is 4.94. The molecule has 3 aromatic rings. The van der Waals surface area contributed by atoms with Crippen LogP contribution >= 0.6 is 0 Å². The molecule has 0 aliphatic heterocycles. The fourth-order valence-electron chi connectivity index (χ4n) is 2.71. The number of hydrogen-bond acceptors (Lipinski definition) is 4. The predicted octanol–water partition coefficient (Wildman–Crippen LogP) is 2.95. The molecule has 0 atom stereocenters. The molecule has 0 saturated heterocycles. The molecule has 2 N–H and O–H groups in total. The Bertz CT molecular complexity index is 958. The number of carbonyl (C=O) groups excluding carboxylic acids is 2. The quantitative estimate of drug-likeness (QED) is 0.665. The summed E-state index contributed by atoms with van der Waals surface area (Å²) >= 11 is 0. The molecule has 0 bridgehead atoms. The Hall–Kier alpha value is -3.67. The molecule has 0 unspecified atom stereocenters. The Labute approximate surface area is 163 Å². The number of amides is 2. The molecule has 2 aromatic carbocycles. The zero-order chi connectivity index (χ0) is 19.8. The largest absolute Gasteiger partial charge is 0.496 e. The Balaban J connectivity index is 1.61. The van der Waals surface area contributed by atoms with E-state index in [9.17, 15) is 9.59 Å². The second-order valence-corrected chi connectivity index (χ2v) is 6.11. The Kier molecular flexibility index (Phi) is 6.36. The van der Waals surface area contributed by atoms with Crippen LogP contribution in [0.2, 0.25) is 0 Å². The molecule has 0 fully saturated rings. The lowest BCUT2D eigenvalue weighted by atomic mass is 10.1. The number of pyridine rings is 1. The van der Waals surface area contributed by atoms with E-state index in [1.807, 2.05) is 36.4 Å². The van der Waals surface area contributed by atoms with Gasteiger partial charge in [0.25, 0.3) is 11.8 Å². The molecule has 1 heterocycles. The van der Waals surface area contributed by atoms with Gasteiger partial charge in [-0.25, -0.2) is 0 Å². The van der Waals surface area contributed by atoms with Crippen LogP contribution in [0, 0.1) is 0 Å². The predicted molar refractivity (Wildman–Crippen MR) is 106 cm³/mol. The molecule has 28 heavy (non-hydrogen) atoms. The van der Waals surface area contributed by atoms with Crippen LogP contribution in [0.25, 0.3) is 0 Å². The Morgan fingerprint density at radius 2 is 1.50 bits per heavy atom. The second-order valence-electron chi connectivity index (χ2n) is 6.11. The van der Waals surface area contributed by atoms with Crippen molar-refractivity contribution in [3.63, 3.8) is 0 Å². The fourth-order valence-corrected chi connectivity index (χ4v) is 2.71. The van der Waals surface area contributed by atoms with Gasteiger partial charge in [0.1, 0.15) is 5.75 Å². The van der Waals surface area contributed by atoms with E-state index >= 15 is 0 Å². The van der Waals surface area contributed by atoms with Gasteiger partial charge < -0.3 is 15.4 Å². The molecule has 0 saturated carbocycles. The summed E-state index contributed by atoms with van der Waals surface area (Å²) in [6, 6.07) is 17.8. The highest BCUT2D eigenvalue weighted by Crippen LogP contribution is 2.17. The summed E-state index contributed by atoms with van der Waals surface area (Å²) in [4.78, 5) is 28.8. The molecule has 6 nitrogen and oxygen atoms in total. The van der Waals surface area contributed by atoms with Crippen LogP contribution in [0.15, 0.2) is 73.1 Å². The number of methoxy groups -OCH3 is 1. The molecular weight excluding hydrogens is 354 g/mol. The van der Waals surface area contributed by atoms with Crippen molar-refractivity contribution in [3.8, 4) is 5.75 Å². The van der Waals surface area contributed by atoms with Gasteiger partial charge in [-0.1, -0.05) is 24.3 Å². The summed E-state index contributed by atoms with van der Waals surface area (Å²) in [5.41, 5.74) is 2.68. The van der Waals surface area contributed by atoms with E-state index in [2.05, 4.69) is 15.6 Å². The average Bonchev–Trinajstić information content (AvgIpc) is 2.76. The smallest absolute Gasteiger partial charge is 0.251 e. The molecule has 0 spiro atoms. The number of carbonyl (C=O) groups is 2. The van der Waals surface area contributed by atoms with Crippen molar-refractivity contribution in [3.05, 3.63) is 95.3 Å². The van der Waals surface area contributed by atoms with Gasteiger partial charge in [-0.15, -0.1) is 0 Å². The van der Waals surface area contributed by atoms with Gasteiger partial charge in [-0.05, 0) is 42.0 Å². The van der Waals surface area contributed by atoms with Crippen LogP contribution in [0.1, 0.15) is 31.8 Å². The monoisotopic (exact) mass is 375 g/mol. The first-order valence-electron chi connectivity index (χ1n) is 8.84. The molecule has 0 radical (unpaired) electrons. The molecule has 6 heteroatoms. The van der Waals surface area contributed by atoms with E-state index in [4.69, 9.17) is 4.74 Å². The van der Waals surface area contributed by atoms with E-state index < -0.39 is 0 Å². The minimum atomic E-state index is -0.255. The summed E-state index contributed by atoms with van der Waals surface area (Å²) in [6.07, 6.45) is 3.35. The summed E-state index contributed by atoms with van der Waals surface area (Å²) in [6.45, 7) is 0.729. The maximum atomic E-state index is 12.5. The highest BCUT2D eigenvalue weighted by atomic mass is 16.5. The number of rotatable bonds is 7. The lowest BCUT2D eigenvalue weighted by Crippen LogP contribution is -2.25. The van der Waals surface area contributed by atoms with Crippen molar-refractivity contribution in [1.82, 2.24) is 15.6 Å². The van der Waals surface area contributed by atoms with Crippen molar-refractivity contribution in [2.45, 2.75) is 13.1 Å². The third-order valence-corrected chi connectivity index (χ3v) is 4.22. The van der Waals surface area contributed by atoms with E-state index in [0.29, 0.717) is 30.0 Å². The normalized spacial score (nSPS) is 10.2. The molecule has 0 aliphatic carbocycles. The number of aromatic nitrogens is 1. The van der Waals surface area contributed by atoms with Crippen molar-refractivity contribution in [1.29, 1.82) is 0 Å². The second kappa shape index (κ2) is 9.32. The first-order chi connectivity index (χ1) is 13.7. The van der Waals surface area contributed by atoms with Crippen molar-refractivity contribution >= 4 is 11.8 Å². The van der Waals surface area contributed by atoms with Crippen molar-refractivity contribution in [2.24, 2.45) is 0 Å². The van der Waals surface area contributed by atoms with Crippen molar-refractivity contribution < 1.29 is 14.3 Å². The topological polar surface area (TPSA) is 80.3 Å². The lowest BCUT2D eigenvalue weighted by molar-refractivity contribution is 0.0950. The van der Waals surface area contributed by atoms with Gasteiger partial charge in [-0.2, -0.15) is 0 Å². The van der Waals surface area contributed by atoms with Crippen LogP contribution in [0.3, 0.4) is 0 Å². The van der Waals surface area contributed by atoms with E-state index in [0.717, 1.165) is 11.1 Å². The molecule has 1 aromatic heterocycles. The number of benzene rings is 2. The number of para-hydroxylation sites is 1. The van der Waals surface area contributed by atoms with Gasteiger partial charge in [0.2, 0.25) is 0 Å². The number of hydrogen-bond donors (Lipinski definition) is 2. The molecule has 142 valence electrons. The maximum absolute atomic E-state index is 12.5. The number of nitrogens with zero attached hydrogens (tertiary/aromatic N) is 1. The number of ether oxygens (including phenoxy) is 1. The zero-order valence-electron chi connectivity index (χ0n) is 15.5. The summed E-state index contributed by atoms with van der Waals surface area (Å²) in [5, 5.41) is 5.70. The third-order valence-electron chi connectivity index (χ3n) is 4.22. The summed E-state index contributed by atoms with van der Waals surface area (Å²) in [7, 11) is 1.59. The number of nitrogens with one attached hydrogen (secondary N) is 2. The zero-order valence-corrected chi connectivity index (χ0v) is 15.5. The Morgan fingerprint density at radius 1 is 0.857 bits per heavy atom. The minimum absolute atomic E-state index is 0.240. The van der Waals surface area contributed by atoms with Gasteiger partial charge in [0.15, 0.2) is 0 Å². The van der Waals surface area contributed by atoms with Crippen LogP contribution in [0.5, 0.6) is 5.75 Å². The van der Waals surface area contributed by atoms with E-state index in [-0.39, 0.29) is 11.8 Å². The maximum Gasteiger partial charge on any atom is 0.251 e. The van der Waals surface area contributed by atoms with Crippen LogP contribution < -0.4 is 15.4 Å². The SMILES string of the molecule is COc1ccccc1CNC(=O)c1cccc(C(=O)NCc2ccncc2)c1. The van der Waals surface area contributed by atoms with E-state index in [1.54, 1.807) is 43.8 Å². The van der Waals surface area contributed by atoms with Crippen LogP contribution in [-0.2, 0) is 13.1 Å². The highest BCUT2D eigenvalue weighted by Gasteiger charge is 2.11. The van der Waals surface area contributed by atoms with Crippen molar-refractivity contribution in [2.75, 3.05) is 7.11 Å². The lowest BCUT2D eigenvalue weighted by Gasteiger charge is -2.10.